The van der Waals surface area contributed by atoms with Crippen molar-refractivity contribution >= 4 is 0 Å². The summed E-state index contributed by atoms with van der Waals surface area (Å²) in [6.45, 7) is 9.64. The van der Waals surface area contributed by atoms with Crippen molar-refractivity contribution < 1.29 is 4.42 Å². The SMILES string of the molecule is CNCc1nnc(C2C(C)(C)C2(C)C)o1. The van der Waals surface area contributed by atoms with Crippen molar-refractivity contribution in [1.82, 2.24) is 15.5 Å². The van der Waals surface area contributed by atoms with Crippen molar-refractivity contribution in [3.63, 3.8) is 0 Å². The Balaban J connectivity index is 2.19. The van der Waals surface area contributed by atoms with Crippen molar-refractivity contribution in [1.29, 1.82) is 0 Å². The van der Waals surface area contributed by atoms with Crippen LogP contribution in [0.15, 0.2) is 4.42 Å². The third-order valence-electron chi connectivity index (χ3n) is 4.08. The molecule has 0 atom stereocenters. The molecule has 1 aromatic heterocycles. The van der Waals surface area contributed by atoms with Crippen LogP contribution in [0.4, 0.5) is 0 Å². The fourth-order valence-corrected chi connectivity index (χ4v) is 2.42. The lowest BCUT2D eigenvalue weighted by atomic mass is 10.0. The standard InChI is InChI=1S/C11H19N3O/c1-10(2)8(11(10,3)4)9-14-13-7(15-9)6-12-5/h8,12H,6H2,1-5H3. The van der Waals surface area contributed by atoms with Gasteiger partial charge < -0.3 is 9.73 Å². The van der Waals surface area contributed by atoms with E-state index in [0.29, 0.717) is 18.4 Å². The second-order valence-corrected chi connectivity index (χ2v) is 5.44. The van der Waals surface area contributed by atoms with Crippen molar-refractivity contribution in [3.8, 4) is 0 Å². The predicted molar refractivity (Wildman–Crippen MR) is 57.4 cm³/mol. The van der Waals surface area contributed by atoms with Crippen molar-refractivity contribution in [2.45, 2.75) is 40.2 Å². The first-order chi connectivity index (χ1) is 6.91. The van der Waals surface area contributed by atoms with Crippen LogP contribution < -0.4 is 5.32 Å². The van der Waals surface area contributed by atoms with Gasteiger partial charge in [0.25, 0.3) is 0 Å². The van der Waals surface area contributed by atoms with Crippen LogP contribution in [0.5, 0.6) is 0 Å². The molecule has 4 heteroatoms. The van der Waals surface area contributed by atoms with E-state index in [2.05, 4.69) is 43.2 Å². The summed E-state index contributed by atoms with van der Waals surface area (Å²) in [5.41, 5.74) is 0.521. The average Bonchev–Trinajstić information content (AvgIpc) is 2.51. The van der Waals surface area contributed by atoms with E-state index in [-0.39, 0.29) is 10.8 Å². The zero-order valence-electron chi connectivity index (χ0n) is 10.1. The van der Waals surface area contributed by atoms with Gasteiger partial charge in [-0.15, -0.1) is 10.2 Å². The molecule has 0 saturated heterocycles. The maximum absolute atomic E-state index is 5.63. The highest BCUT2D eigenvalue weighted by Crippen LogP contribution is 2.73. The summed E-state index contributed by atoms with van der Waals surface area (Å²) in [6, 6.07) is 0. The summed E-state index contributed by atoms with van der Waals surface area (Å²) >= 11 is 0. The highest BCUT2D eigenvalue weighted by molar-refractivity contribution is 5.24. The van der Waals surface area contributed by atoms with Gasteiger partial charge in [0.15, 0.2) is 0 Å². The molecule has 1 N–H and O–H groups in total. The van der Waals surface area contributed by atoms with E-state index < -0.39 is 0 Å². The molecule has 4 nitrogen and oxygen atoms in total. The molecule has 0 spiro atoms. The van der Waals surface area contributed by atoms with E-state index in [1.54, 1.807) is 0 Å². The molecule has 1 saturated carbocycles. The first kappa shape index (κ1) is 10.6. The lowest BCUT2D eigenvalue weighted by Crippen LogP contribution is -2.04. The van der Waals surface area contributed by atoms with Gasteiger partial charge in [-0.2, -0.15) is 0 Å². The molecule has 1 heterocycles. The molecule has 0 radical (unpaired) electrons. The number of hydrogen-bond donors (Lipinski definition) is 1. The molecule has 84 valence electrons. The molecule has 0 aromatic carbocycles. The van der Waals surface area contributed by atoms with Gasteiger partial charge in [-0.3, -0.25) is 0 Å². The molecule has 2 rings (SSSR count). The Morgan fingerprint density at radius 2 is 1.80 bits per heavy atom. The molecular formula is C11H19N3O. The number of hydrogen-bond acceptors (Lipinski definition) is 4. The molecule has 0 bridgehead atoms. The molecule has 1 fully saturated rings. The second-order valence-electron chi connectivity index (χ2n) is 5.44. The molecule has 15 heavy (non-hydrogen) atoms. The van der Waals surface area contributed by atoms with E-state index in [1.165, 1.54) is 0 Å². The van der Waals surface area contributed by atoms with Gasteiger partial charge in [0.2, 0.25) is 11.8 Å². The molecule has 1 aromatic rings. The Morgan fingerprint density at radius 3 is 2.27 bits per heavy atom. The zero-order valence-corrected chi connectivity index (χ0v) is 10.1. The molecule has 0 amide bonds. The predicted octanol–water partition coefficient (Wildman–Crippen LogP) is 1.94. The van der Waals surface area contributed by atoms with Crippen LogP contribution in [0, 0.1) is 10.8 Å². The van der Waals surface area contributed by atoms with Crippen LogP contribution in [0.2, 0.25) is 0 Å². The van der Waals surface area contributed by atoms with Gasteiger partial charge in [-0.1, -0.05) is 27.7 Å². The lowest BCUT2D eigenvalue weighted by Gasteiger charge is -2.03. The summed E-state index contributed by atoms with van der Waals surface area (Å²) < 4.78 is 5.63. The van der Waals surface area contributed by atoms with Crippen LogP contribution in [0.25, 0.3) is 0 Å². The smallest absolute Gasteiger partial charge is 0.230 e. The topological polar surface area (TPSA) is 51.0 Å². The highest BCUT2D eigenvalue weighted by Gasteiger charge is 2.67. The van der Waals surface area contributed by atoms with Crippen molar-refractivity contribution in [2.75, 3.05) is 7.05 Å². The monoisotopic (exact) mass is 209 g/mol. The molecule has 1 aliphatic rings. The fraction of sp³-hybridized carbons (Fsp3) is 0.818. The minimum Gasteiger partial charge on any atom is -0.424 e. The minimum absolute atomic E-state index is 0.260. The summed E-state index contributed by atoms with van der Waals surface area (Å²) in [5, 5.41) is 11.2. The normalized spacial score (nSPS) is 23.0. The minimum atomic E-state index is 0.260. The van der Waals surface area contributed by atoms with Crippen LogP contribution in [0.3, 0.4) is 0 Å². The molecule has 1 aliphatic carbocycles. The number of rotatable bonds is 3. The Hall–Kier alpha value is -0.900. The van der Waals surface area contributed by atoms with E-state index in [1.807, 2.05) is 7.05 Å². The number of aromatic nitrogens is 2. The fourth-order valence-electron chi connectivity index (χ4n) is 2.42. The largest absolute Gasteiger partial charge is 0.424 e. The quantitative estimate of drug-likeness (QED) is 0.826. The summed E-state index contributed by atoms with van der Waals surface area (Å²) in [4.78, 5) is 0. The second kappa shape index (κ2) is 3.04. The van der Waals surface area contributed by atoms with E-state index in [9.17, 15) is 0 Å². The van der Waals surface area contributed by atoms with Gasteiger partial charge in [-0.25, -0.2) is 0 Å². The van der Waals surface area contributed by atoms with E-state index in [4.69, 9.17) is 4.42 Å². The van der Waals surface area contributed by atoms with Gasteiger partial charge >= 0.3 is 0 Å². The van der Waals surface area contributed by atoms with Gasteiger partial charge in [0, 0.05) is 5.92 Å². The van der Waals surface area contributed by atoms with Crippen molar-refractivity contribution in [3.05, 3.63) is 11.8 Å². The lowest BCUT2D eigenvalue weighted by molar-refractivity contribution is 0.423. The number of nitrogens with one attached hydrogen (secondary N) is 1. The Labute approximate surface area is 90.5 Å². The Bertz CT molecular complexity index is 354. The highest BCUT2D eigenvalue weighted by atomic mass is 16.4. The first-order valence-corrected chi connectivity index (χ1v) is 5.38. The van der Waals surface area contributed by atoms with Gasteiger partial charge in [0.1, 0.15) is 0 Å². The Morgan fingerprint density at radius 1 is 1.20 bits per heavy atom. The van der Waals surface area contributed by atoms with E-state index >= 15 is 0 Å². The van der Waals surface area contributed by atoms with Gasteiger partial charge in [0.05, 0.1) is 6.54 Å². The average molecular weight is 209 g/mol. The third kappa shape index (κ3) is 1.39. The molecule has 0 aliphatic heterocycles. The Kier molecular flexibility index (Phi) is 2.15. The van der Waals surface area contributed by atoms with Gasteiger partial charge in [-0.05, 0) is 17.9 Å². The van der Waals surface area contributed by atoms with Crippen molar-refractivity contribution in [2.24, 2.45) is 10.8 Å². The van der Waals surface area contributed by atoms with Crippen LogP contribution >= 0.6 is 0 Å². The molecule has 0 unspecified atom stereocenters. The maximum Gasteiger partial charge on any atom is 0.230 e. The van der Waals surface area contributed by atoms with E-state index in [0.717, 1.165) is 5.89 Å². The zero-order chi connectivity index (χ0) is 11.3. The maximum atomic E-state index is 5.63. The van der Waals surface area contributed by atoms with Crippen LogP contribution in [-0.4, -0.2) is 17.2 Å². The summed E-state index contributed by atoms with van der Waals surface area (Å²) in [5.74, 6) is 1.85. The summed E-state index contributed by atoms with van der Waals surface area (Å²) in [7, 11) is 1.87. The van der Waals surface area contributed by atoms with Crippen LogP contribution in [-0.2, 0) is 6.54 Å². The summed E-state index contributed by atoms with van der Waals surface area (Å²) in [6.07, 6.45) is 0. The molecular weight excluding hydrogens is 190 g/mol. The van der Waals surface area contributed by atoms with Crippen LogP contribution in [0.1, 0.15) is 45.4 Å². The number of nitrogens with zero attached hydrogens (tertiary/aromatic N) is 2. The third-order valence-corrected chi connectivity index (χ3v) is 4.08. The first-order valence-electron chi connectivity index (χ1n) is 5.38.